The van der Waals surface area contributed by atoms with Crippen molar-refractivity contribution < 1.29 is 53.4 Å². The minimum Gasteiger partial charge on any atom is -0.456 e. The first-order chi connectivity index (χ1) is 32.4. The van der Waals surface area contributed by atoms with E-state index in [1.165, 1.54) is 19.1 Å². The minimum atomic E-state index is -2.53. The molecule has 4 N–H and O–H groups in total. The van der Waals surface area contributed by atoms with Gasteiger partial charge >= 0.3 is 5.97 Å². The second-order valence-electron chi connectivity index (χ2n) is 20.3. The summed E-state index contributed by atoms with van der Waals surface area (Å²) in [7, 11) is 3.06. The summed E-state index contributed by atoms with van der Waals surface area (Å²) < 4.78 is 26.6. The van der Waals surface area contributed by atoms with Gasteiger partial charge in [-0.3, -0.25) is 14.4 Å². The number of aliphatic hydroxyl groups excluding tert-OH is 2. The van der Waals surface area contributed by atoms with Crippen LogP contribution in [0.15, 0.2) is 79.1 Å². The third kappa shape index (κ3) is 12.1. The highest BCUT2D eigenvalue weighted by molar-refractivity contribution is 6.39. The van der Waals surface area contributed by atoms with Crippen LogP contribution in [0.3, 0.4) is 0 Å². The molecule has 1 aromatic carbocycles. The number of esters is 1. The topological polar surface area (TPSA) is 186 Å². The van der Waals surface area contributed by atoms with Crippen LogP contribution < -0.4 is 5.32 Å². The molecule has 1 aliphatic carbocycles. The first-order valence-corrected chi connectivity index (χ1v) is 24.8. The van der Waals surface area contributed by atoms with E-state index in [1.54, 1.807) is 19.9 Å². The van der Waals surface area contributed by atoms with Crippen LogP contribution >= 0.6 is 0 Å². The van der Waals surface area contributed by atoms with Gasteiger partial charge in [0, 0.05) is 74.3 Å². The number of cyclic esters (lactones) is 1. The molecule has 14 nitrogen and oxygen atoms in total. The van der Waals surface area contributed by atoms with Crippen LogP contribution in [-0.4, -0.2) is 123 Å². The van der Waals surface area contributed by atoms with Crippen molar-refractivity contribution in [3.05, 3.63) is 79.1 Å². The Morgan fingerprint density at radius 1 is 0.941 bits per heavy atom. The highest BCUT2D eigenvalue weighted by atomic mass is 16.7. The number of carbonyl (C=O) groups excluding carboxylic acids is 4. The molecule has 0 spiro atoms. The lowest BCUT2D eigenvalue weighted by Crippen LogP contribution is -2.64. The fourth-order valence-corrected chi connectivity index (χ4v) is 11.2. The number of aromatic nitrogens is 1. The van der Waals surface area contributed by atoms with Crippen LogP contribution in [0.4, 0.5) is 5.69 Å². The number of allylic oxidation sites excluding steroid dienone is 5. The lowest BCUT2D eigenvalue weighted by atomic mass is 9.81. The smallest absolute Gasteiger partial charge is 0.329 e. The monoisotopic (exact) mass is 944 g/mol. The van der Waals surface area contributed by atoms with Crippen LogP contribution in [0.1, 0.15) is 105 Å². The van der Waals surface area contributed by atoms with E-state index in [0.29, 0.717) is 57.1 Å². The number of anilines is 1. The lowest BCUT2D eigenvalue weighted by Gasteiger charge is -2.47. The van der Waals surface area contributed by atoms with E-state index in [-0.39, 0.29) is 49.5 Å². The molecular formula is C54H77N3O11. The number of hydrogen-bond acceptors (Lipinski definition) is 12. The number of methoxy groups -OCH3 is 2. The van der Waals surface area contributed by atoms with Gasteiger partial charge in [0.25, 0.3) is 11.7 Å². The number of fused-ring (bicyclic) bond motifs is 4. The van der Waals surface area contributed by atoms with Crippen LogP contribution in [0.25, 0.3) is 10.9 Å². The molecule has 68 heavy (non-hydrogen) atoms. The van der Waals surface area contributed by atoms with E-state index in [9.17, 15) is 34.5 Å². The van der Waals surface area contributed by atoms with E-state index in [2.05, 4.69) is 41.2 Å². The van der Waals surface area contributed by atoms with Crippen molar-refractivity contribution in [1.82, 2.24) is 9.47 Å². The molecule has 14 atom stereocenters. The Morgan fingerprint density at radius 3 is 2.37 bits per heavy atom. The van der Waals surface area contributed by atoms with Crippen LogP contribution in [0.5, 0.6) is 0 Å². The SMILES string of the molecule is C=CCC1/C=C(\C)CC(C)CC(OC)C2OC(O)(C(=O)C(=O)N3CCCCC3C(=O)OC(C(C)=CC3CCC(Nc4ccc5c(ccn5CC=C)c4)C(O)C3)C(C)C(O)CC1=O)C(C)CC2OC. The Bertz CT molecular complexity index is 2180. The van der Waals surface area contributed by atoms with Crippen molar-refractivity contribution in [3.63, 3.8) is 0 Å². The van der Waals surface area contributed by atoms with Gasteiger partial charge in [-0.25, -0.2) is 4.79 Å². The number of rotatable bonds is 10. The van der Waals surface area contributed by atoms with E-state index >= 15 is 0 Å². The molecule has 0 radical (unpaired) electrons. The van der Waals surface area contributed by atoms with Gasteiger partial charge in [-0.1, -0.05) is 50.6 Å². The third-order valence-electron chi connectivity index (χ3n) is 15.1. The number of ketones is 2. The molecule has 374 valence electrons. The van der Waals surface area contributed by atoms with Gasteiger partial charge in [-0.2, -0.15) is 0 Å². The van der Waals surface area contributed by atoms with E-state index in [0.717, 1.165) is 28.6 Å². The Balaban J connectivity index is 1.29. The van der Waals surface area contributed by atoms with E-state index < -0.39 is 83.9 Å². The van der Waals surface area contributed by atoms with Gasteiger partial charge in [-0.15, -0.1) is 13.2 Å². The maximum absolute atomic E-state index is 14.5. The predicted octanol–water partition coefficient (Wildman–Crippen LogP) is 7.25. The molecule has 4 aliphatic rings. The Morgan fingerprint density at radius 2 is 1.68 bits per heavy atom. The average Bonchev–Trinajstić information content (AvgIpc) is 3.71. The lowest BCUT2D eigenvalue weighted by molar-refractivity contribution is -0.302. The zero-order valence-electron chi connectivity index (χ0n) is 41.3. The number of benzene rings is 1. The van der Waals surface area contributed by atoms with Crippen molar-refractivity contribution in [1.29, 1.82) is 0 Å². The summed E-state index contributed by atoms with van der Waals surface area (Å²) in [5, 5.41) is 40.1. The van der Waals surface area contributed by atoms with Crippen molar-refractivity contribution >= 4 is 40.0 Å². The molecule has 3 aliphatic heterocycles. The fraction of sp³-hybridized carbons (Fsp3) is 0.630. The molecule has 14 unspecified atom stereocenters. The zero-order valence-corrected chi connectivity index (χ0v) is 41.3. The van der Waals surface area contributed by atoms with Gasteiger partial charge in [0.2, 0.25) is 5.79 Å². The molecule has 6 rings (SSSR count). The van der Waals surface area contributed by atoms with Gasteiger partial charge in [0.05, 0.1) is 30.5 Å². The van der Waals surface area contributed by atoms with Crippen molar-refractivity contribution in [2.45, 2.75) is 166 Å². The average molecular weight is 944 g/mol. The van der Waals surface area contributed by atoms with E-state index in [4.69, 9.17) is 18.9 Å². The third-order valence-corrected chi connectivity index (χ3v) is 15.1. The maximum atomic E-state index is 14.5. The number of carbonyl (C=O) groups is 4. The number of nitrogens with zero attached hydrogens (tertiary/aromatic N) is 2. The molecule has 14 heteroatoms. The maximum Gasteiger partial charge on any atom is 0.329 e. The molecule has 2 aromatic rings. The summed E-state index contributed by atoms with van der Waals surface area (Å²) in [5.74, 6) is -7.96. The summed E-state index contributed by atoms with van der Waals surface area (Å²) in [5.41, 5.74) is 3.60. The minimum absolute atomic E-state index is 0.00185. The molecule has 2 saturated heterocycles. The number of piperidine rings is 1. The fourth-order valence-electron chi connectivity index (χ4n) is 11.2. The zero-order chi connectivity index (χ0) is 49.4. The number of amides is 1. The highest BCUT2D eigenvalue weighted by Gasteiger charge is 2.56. The first-order valence-electron chi connectivity index (χ1n) is 24.8. The summed E-state index contributed by atoms with van der Waals surface area (Å²) in [6, 6.07) is 6.86. The molecule has 1 aromatic heterocycles. The molecule has 2 bridgehead atoms. The molecule has 1 amide bonds. The highest BCUT2D eigenvalue weighted by Crippen LogP contribution is 2.39. The van der Waals surface area contributed by atoms with E-state index in [1.807, 2.05) is 51.3 Å². The summed E-state index contributed by atoms with van der Waals surface area (Å²) in [4.78, 5) is 58.6. The Hall–Kier alpha value is -4.44. The second kappa shape index (κ2) is 23.4. The summed E-state index contributed by atoms with van der Waals surface area (Å²) in [6.07, 6.45) is 8.99. The van der Waals surface area contributed by atoms with Crippen molar-refractivity contribution in [2.24, 2.45) is 29.6 Å². The molecule has 3 fully saturated rings. The van der Waals surface area contributed by atoms with Crippen molar-refractivity contribution in [2.75, 3.05) is 26.1 Å². The number of hydrogen-bond donors (Lipinski definition) is 4. The Kier molecular flexibility index (Phi) is 18.2. The van der Waals surface area contributed by atoms with Crippen LogP contribution in [-0.2, 0) is 44.7 Å². The quantitative estimate of drug-likeness (QED) is 0.106. The predicted molar refractivity (Wildman–Crippen MR) is 261 cm³/mol. The van der Waals surface area contributed by atoms with Gasteiger partial charge < -0.3 is 49.1 Å². The molecular weight excluding hydrogens is 867 g/mol. The Labute approximate surface area is 402 Å². The summed E-state index contributed by atoms with van der Waals surface area (Å²) in [6.45, 7) is 17.7. The summed E-state index contributed by atoms with van der Waals surface area (Å²) >= 11 is 0. The van der Waals surface area contributed by atoms with Crippen LogP contribution in [0.2, 0.25) is 0 Å². The number of aliphatic hydroxyl groups is 3. The van der Waals surface area contributed by atoms with Gasteiger partial charge in [-0.05, 0) is 120 Å². The van der Waals surface area contributed by atoms with Crippen molar-refractivity contribution in [3.8, 4) is 0 Å². The number of Topliss-reactive ketones (excluding diaryl/α,β-unsaturated/α-hetero) is 2. The molecule has 1 saturated carbocycles. The number of ether oxygens (including phenoxy) is 4. The second-order valence-corrected chi connectivity index (χ2v) is 20.3. The standard InChI is InChI=1S/C54H77N3O11/c1-10-14-39-25-32(3)24-33(4)26-47(65-8)50-48(66-9)28-35(6)54(64,68-50)51(61)52(62)57-22-13-12-15-43(57)53(63)67-49(36(7)44(58)31-45(39)59)34(5)27-37-16-18-41(46(60)29-37)55-40-17-19-42-38(30-40)20-23-56(42)21-11-2/h10-11,17,19-20,23,25,27,30,33,35-37,39,41,43-44,46-50,55,58,60,64H,1-2,12-16,18,21-22,24,26,28-29,31H2,3-9H3/b32-25+,34-27?. The first kappa shape index (κ1) is 52.9. The van der Waals surface area contributed by atoms with Gasteiger partial charge in [0.1, 0.15) is 24.0 Å². The number of nitrogens with one attached hydrogen (secondary N) is 1. The normalized spacial score (nSPS) is 36.2. The molecule has 4 heterocycles. The largest absolute Gasteiger partial charge is 0.456 e. The van der Waals surface area contributed by atoms with Crippen LogP contribution in [0, 0.1) is 29.6 Å². The van der Waals surface area contributed by atoms with Gasteiger partial charge in [0.15, 0.2) is 0 Å².